The Balaban J connectivity index is 1.41. The molecule has 1 N–H and O–H groups in total. The predicted octanol–water partition coefficient (Wildman–Crippen LogP) is 2.95. The molecule has 0 radical (unpaired) electrons. The number of aryl methyl sites for hydroxylation is 2. The van der Waals surface area contributed by atoms with Crippen molar-refractivity contribution in [1.82, 2.24) is 29.7 Å². The van der Waals surface area contributed by atoms with Gasteiger partial charge in [0.1, 0.15) is 0 Å². The number of nitrogens with zero attached hydrogens (tertiary/aromatic N) is 5. The highest BCUT2D eigenvalue weighted by atomic mass is 35.5. The molecule has 1 amide bonds. The molecule has 2 aromatic heterocycles. The van der Waals surface area contributed by atoms with Crippen LogP contribution < -0.4 is 5.32 Å². The molecule has 5 rings (SSSR count). The van der Waals surface area contributed by atoms with Crippen LogP contribution in [0.15, 0.2) is 24.3 Å². The molecule has 8 heteroatoms. The van der Waals surface area contributed by atoms with E-state index in [2.05, 4.69) is 28.2 Å². The van der Waals surface area contributed by atoms with Crippen LogP contribution in [0.5, 0.6) is 0 Å². The molecule has 31 heavy (non-hydrogen) atoms. The van der Waals surface area contributed by atoms with Crippen LogP contribution in [-0.2, 0) is 19.6 Å². The highest BCUT2D eigenvalue weighted by Gasteiger charge is 2.31. The fraction of sp³-hybridized carbons (Fsp3) is 0.435. The van der Waals surface area contributed by atoms with E-state index in [1.807, 2.05) is 41.5 Å². The molecule has 1 aromatic carbocycles. The lowest BCUT2D eigenvalue weighted by Gasteiger charge is -2.34. The van der Waals surface area contributed by atoms with Gasteiger partial charge in [0.2, 0.25) is 0 Å². The highest BCUT2D eigenvalue weighted by Crippen LogP contribution is 2.30. The minimum absolute atomic E-state index is 0.0527. The summed E-state index contributed by atoms with van der Waals surface area (Å²) in [6.45, 7) is 10.8. The number of piperazine rings is 1. The third-order valence-corrected chi connectivity index (χ3v) is 7.05. The Morgan fingerprint density at radius 2 is 2.06 bits per heavy atom. The largest absolute Gasteiger partial charge is 0.328 e. The van der Waals surface area contributed by atoms with Crippen LogP contribution in [0, 0.1) is 13.8 Å². The number of amides is 1. The van der Waals surface area contributed by atoms with Gasteiger partial charge >= 0.3 is 0 Å². The van der Waals surface area contributed by atoms with Crippen LogP contribution in [0.3, 0.4) is 0 Å². The average molecular weight is 439 g/mol. The Kier molecular flexibility index (Phi) is 5.20. The molecular formula is C23H27ClN6O. The minimum Gasteiger partial charge on any atom is -0.328 e. The van der Waals surface area contributed by atoms with Crippen molar-refractivity contribution < 1.29 is 4.79 Å². The second kappa shape index (κ2) is 7.89. The first kappa shape index (κ1) is 20.4. The maximum absolute atomic E-state index is 13.5. The Hall–Kier alpha value is -2.48. The number of halogens is 1. The normalized spacial score (nSPS) is 19.2. The van der Waals surface area contributed by atoms with Crippen molar-refractivity contribution in [3.63, 3.8) is 0 Å². The van der Waals surface area contributed by atoms with Crippen molar-refractivity contribution in [2.45, 2.75) is 46.4 Å². The first-order valence-corrected chi connectivity index (χ1v) is 11.2. The van der Waals surface area contributed by atoms with E-state index in [4.69, 9.17) is 16.7 Å². The third kappa shape index (κ3) is 3.50. The van der Waals surface area contributed by atoms with Crippen LogP contribution in [-0.4, -0.2) is 56.0 Å². The number of aromatic nitrogens is 3. The molecule has 2 aliphatic rings. The Morgan fingerprint density at radius 1 is 1.26 bits per heavy atom. The van der Waals surface area contributed by atoms with Crippen LogP contribution in [0.1, 0.15) is 45.5 Å². The molecule has 0 bridgehead atoms. The fourth-order valence-electron chi connectivity index (χ4n) is 4.63. The third-order valence-electron chi connectivity index (χ3n) is 6.50. The van der Waals surface area contributed by atoms with Crippen molar-refractivity contribution in [3.05, 3.63) is 63.1 Å². The van der Waals surface area contributed by atoms with E-state index in [0.29, 0.717) is 24.2 Å². The number of hydrogen-bond acceptors (Lipinski definition) is 5. The molecule has 0 spiro atoms. The van der Waals surface area contributed by atoms with Gasteiger partial charge in [-0.25, -0.2) is 9.50 Å². The zero-order valence-electron chi connectivity index (χ0n) is 18.2. The highest BCUT2D eigenvalue weighted by molar-refractivity contribution is 6.31. The van der Waals surface area contributed by atoms with E-state index in [1.54, 1.807) is 0 Å². The van der Waals surface area contributed by atoms with E-state index < -0.39 is 0 Å². The van der Waals surface area contributed by atoms with Crippen molar-refractivity contribution >= 4 is 23.2 Å². The first-order valence-electron chi connectivity index (χ1n) is 10.8. The molecule has 0 aliphatic carbocycles. The topological polar surface area (TPSA) is 65.8 Å². The summed E-state index contributed by atoms with van der Waals surface area (Å²) in [5.74, 6) is 0.0527. The molecule has 1 saturated heterocycles. The van der Waals surface area contributed by atoms with Gasteiger partial charge in [-0.05, 0) is 32.4 Å². The van der Waals surface area contributed by atoms with Gasteiger partial charge in [0.25, 0.3) is 5.91 Å². The van der Waals surface area contributed by atoms with Crippen LogP contribution >= 0.6 is 11.6 Å². The number of nitrogens with one attached hydrogen (secondary N) is 1. The van der Waals surface area contributed by atoms with Crippen LogP contribution in [0.25, 0.3) is 5.65 Å². The van der Waals surface area contributed by atoms with Gasteiger partial charge in [0.15, 0.2) is 5.65 Å². The van der Waals surface area contributed by atoms with E-state index in [0.717, 1.165) is 65.6 Å². The number of fused-ring (bicyclic) bond motifs is 3. The summed E-state index contributed by atoms with van der Waals surface area (Å²) >= 11 is 6.35. The van der Waals surface area contributed by atoms with Gasteiger partial charge in [-0.15, -0.1) is 0 Å². The van der Waals surface area contributed by atoms with Crippen molar-refractivity contribution in [2.24, 2.45) is 0 Å². The summed E-state index contributed by atoms with van der Waals surface area (Å²) in [7, 11) is 0. The lowest BCUT2D eigenvalue weighted by Crippen LogP contribution is -2.49. The smallest absolute Gasteiger partial charge is 0.254 e. The number of hydrogen-bond donors (Lipinski definition) is 1. The zero-order valence-corrected chi connectivity index (χ0v) is 18.9. The quantitative estimate of drug-likeness (QED) is 0.681. The summed E-state index contributed by atoms with van der Waals surface area (Å²) < 4.78 is 1.81. The summed E-state index contributed by atoms with van der Waals surface area (Å²) in [6.07, 6.45) is 0. The molecule has 7 nitrogen and oxygen atoms in total. The summed E-state index contributed by atoms with van der Waals surface area (Å²) in [5, 5.41) is 8.77. The zero-order chi connectivity index (χ0) is 21.7. The lowest BCUT2D eigenvalue weighted by molar-refractivity contribution is 0.0746. The standard InChI is InChI=1S/C23H27ClN6O/c1-14-10-25-8-9-28(14)11-17-6-4-5-7-18(17)23(31)29-12-19-20(13-29)27-30-16(3)21(24)15(2)26-22(19)30/h4-7,14,25H,8-13H2,1-3H3/t14-/m0/s1. The van der Waals surface area contributed by atoms with Crippen LogP contribution in [0.2, 0.25) is 5.02 Å². The number of rotatable bonds is 3. The van der Waals surface area contributed by atoms with E-state index in [-0.39, 0.29) is 5.91 Å². The minimum atomic E-state index is 0.0527. The van der Waals surface area contributed by atoms with Crippen molar-refractivity contribution in [3.8, 4) is 0 Å². The van der Waals surface area contributed by atoms with Gasteiger partial charge in [-0.3, -0.25) is 9.69 Å². The first-order chi connectivity index (χ1) is 14.9. The average Bonchev–Trinajstić information content (AvgIpc) is 3.33. The monoisotopic (exact) mass is 438 g/mol. The van der Waals surface area contributed by atoms with E-state index in [9.17, 15) is 4.79 Å². The van der Waals surface area contributed by atoms with Gasteiger partial charge in [-0.1, -0.05) is 29.8 Å². The maximum Gasteiger partial charge on any atom is 0.254 e. The second-order valence-corrected chi connectivity index (χ2v) is 8.98. The molecule has 1 atom stereocenters. The molecule has 1 fully saturated rings. The SMILES string of the molecule is Cc1nc2c3c(nn2c(C)c1Cl)CN(C(=O)c1ccccc1CN1CCNC[C@@H]1C)C3. The molecular weight excluding hydrogens is 412 g/mol. The predicted molar refractivity (Wildman–Crippen MR) is 120 cm³/mol. The second-order valence-electron chi connectivity index (χ2n) is 8.60. The molecule has 0 saturated carbocycles. The van der Waals surface area contributed by atoms with Gasteiger partial charge in [0, 0.05) is 43.3 Å². The number of carbonyl (C=O) groups excluding carboxylic acids is 1. The lowest BCUT2D eigenvalue weighted by atomic mass is 10.0. The van der Waals surface area contributed by atoms with E-state index in [1.165, 1.54) is 0 Å². The van der Waals surface area contributed by atoms with Gasteiger partial charge in [-0.2, -0.15) is 5.10 Å². The summed E-state index contributed by atoms with van der Waals surface area (Å²) in [6, 6.07) is 8.43. The molecule has 4 heterocycles. The Bertz CT molecular complexity index is 1170. The van der Waals surface area contributed by atoms with Gasteiger partial charge < -0.3 is 10.2 Å². The fourth-order valence-corrected chi connectivity index (χ4v) is 4.75. The van der Waals surface area contributed by atoms with Gasteiger partial charge in [0.05, 0.1) is 35.2 Å². The van der Waals surface area contributed by atoms with Crippen molar-refractivity contribution in [2.75, 3.05) is 19.6 Å². The van der Waals surface area contributed by atoms with Crippen molar-refractivity contribution in [1.29, 1.82) is 0 Å². The summed E-state index contributed by atoms with van der Waals surface area (Å²) in [4.78, 5) is 22.5. The number of benzene rings is 1. The molecule has 3 aromatic rings. The molecule has 162 valence electrons. The molecule has 2 aliphatic heterocycles. The number of carbonyl (C=O) groups is 1. The van der Waals surface area contributed by atoms with E-state index >= 15 is 0 Å². The van der Waals surface area contributed by atoms with Crippen LogP contribution in [0.4, 0.5) is 0 Å². The Morgan fingerprint density at radius 3 is 2.87 bits per heavy atom. The molecule has 0 unspecified atom stereocenters. The summed E-state index contributed by atoms with van der Waals surface area (Å²) in [5.41, 5.74) is 6.24. The Labute approximate surface area is 187 Å². The maximum atomic E-state index is 13.5.